The van der Waals surface area contributed by atoms with Gasteiger partial charge in [0.1, 0.15) is 6.04 Å². The second-order valence-corrected chi connectivity index (χ2v) is 6.96. The van der Waals surface area contributed by atoms with E-state index in [1.54, 1.807) is 12.1 Å². The Kier molecular flexibility index (Phi) is 8.27. The summed E-state index contributed by atoms with van der Waals surface area (Å²) in [6.45, 7) is -0.0153. The number of carbonyl (C=O) groups is 3. The first kappa shape index (κ1) is 21.8. The van der Waals surface area contributed by atoms with Gasteiger partial charge >= 0.3 is 43.3 Å². The monoisotopic (exact) mass is 379 g/mol. The second-order valence-electron chi connectivity index (χ2n) is 5.01. The van der Waals surface area contributed by atoms with E-state index in [4.69, 9.17) is 0 Å². The van der Waals surface area contributed by atoms with Crippen LogP contribution in [0.3, 0.4) is 0 Å². The predicted octanol–water partition coefficient (Wildman–Crippen LogP) is 0.0181. The second kappa shape index (κ2) is 9.47. The molecule has 0 aromatic heterocycles. The Bertz CT molecular complexity index is 678. The van der Waals surface area contributed by atoms with Gasteiger partial charge < -0.3 is 5.32 Å². The van der Waals surface area contributed by atoms with Crippen molar-refractivity contribution in [3.05, 3.63) is 35.9 Å². The van der Waals surface area contributed by atoms with E-state index in [2.05, 4.69) is 14.4 Å². The molecule has 2 N–H and O–H groups in total. The van der Waals surface area contributed by atoms with Gasteiger partial charge in [0.15, 0.2) is 0 Å². The average Bonchev–Trinajstić information content (AvgIpc) is 2.58. The molecule has 0 unspecified atom stereocenters. The SMILES string of the molecule is COP(=O)(NC(=O)N1C[C@H](NC(=O)Cc2ccccc2)C1=O)OC.[NaH]. The summed E-state index contributed by atoms with van der Waals surface area (Å²) in [5, 5.41) is 4.55. The number of nitrogens with zero attached hydrogens (tertiary/aromatic N) is 1. The average molecular weight is 379 g/mol. The van der Waals surface area contributed by atoms with Gasteiger partial charge in [0.2, 0.25) is 5.91 Å². The van der Waals surface area contributed by atoms with Crippen LogP contribution in [0.1, 0.15) is 5.56 Å². The number of likely N-dealkylation sites (tertiary alicyclic amines) is 1. The molecule has 0 radical (unpaired) electrons. The van der Waals surface area contributed by atoms with E-state index in [0.717, 1.165) is 24.7 Å². The fourth-order valence-electron chi connectivity index (χ4n) is 2.09. The topological polar surface area (TPSA) is 114 Å². The van der Waals surface area contributed by atoms with Gasteiger partial charge in [-0.15, -0.1) is 0 Å². The Hall–Kier alpha value is -1.22. The third kappa shape index (κ3) is 5.64. The number of urea groups is 1. The molecule has 132 valence electrons. The van der Waals surface area contributed by atoms with E-state index in [0.29, 0.717) is 0 Å². The number of carbonyl (C=O) groups excluding carboxylic acids is 3. The first-order chi connectivity index (χ1) is 11.4. The molecule has 1 aromatic rings. The third-order valence-electron chi connectivity index (χ3n) is 3.43. The third-order valence-corrected chi connectivity index (χ3v) is 4.86. The predicted molar refractivity (Wildman–Crippen MR) is 91.1 cm³/mol. The van der Waals surface area contributed by atoms with Crippen molar-refractivity contribution in [3.63, 3.8) is 0 Å². The molecule has 1 fully saturated rings. The van der Waals surface area contributed by atoms with Gasteiger partial charge in [-0.05, 0) is 5.56 Å². The van der Waals surface area contributed by atoms with Crippen molar-refractivity contribution in [3.8, 4) is 0 Å². The van der Waals surface area contributed by atoms with Crippen LogP contribution >= 0.6 is 7.75 Å². The van der Waals surface area contributed by atoms with Crippen LogP contribution in [0.15, 0.2) is 30.3 Å². The first-order valence-corrected chi connectivity index (χ1v) is 8.61. The van der Waals surface area contributed by atoms with E-state index >= 15 is 0 Å². The van der Waals surface area contributed by atoms with Gasteiger partial charge in [0.25, 0.3) is 5.91 Å². The molecule has 0 spiro atoms. The number of imide groups is 1. The Morgan fingerprint density at radius 2 is 1.84 bits per heavy atom. The minimum atomic E-state index is -3.77. The summed E-state index contributed by atoms with van der Waals surface area (Å²) >= 11 is 0. The molecule has 0 bridgehead atoms. The van der Waals surface area contributed by atoms with Gasteiger partial charge in [-0.2, -0.15) is 0 Å². The van der Waals surface area contributed by atoms with E-state index in [1.807, 2.05) is 23.3 Å². The van der Waals surface area contributed by atoms with Crippen molar-refractivity contribution in [2.75, 3.05) is 20.8 Å². The minimum absolute atomic E-state index is 0. The van der Waals surface area contributed by atoms with Crippen LogP contribution in [0.4, 0.5) is 4.79 Å². The van der Waals surface area contributed by atoms with Crippen LogP contribution in [0, 0.1) is 0 Å². The molecule has 4 amide bonds. The molecule has 1 aliphatic rings. The Balaban J connectivity index is 0.00000312. The van der Waals surface area contributed by atoms with E-state index in [-0.39, 0.29) is 48.4 Å². The van der Waals surface area contributed by atoms with Gasteiger partial charge in [-0.1, -0.05) is 30.3 Å². The zero-order valence-electron chi connectivity index (χ0n) is 13.2. The zero-order valence-corrected chi connectivity index (χ0v) is 14.1. The molecule has 0 saturated carbocycles. The number of hydrogen-bond acceptors (Lipinski definition) is 6. The molecule has 1 aliphatic heterocycles. The Labute approximate surface area is 167 Å². The molecule has 1 saturated heterocycles. The molecular weight excluding hydrogens is 360 g/mol. The molecule has 1 atom stereocenters. The molecule has 1 heterocycles. The molecular formula is C14H19N3NaO6P. The molecule has 1 aromatic carbocycles. The quantitative estimate of drug-likeness (QED) is 0.409. The number of rotatable bonds is 6. The van der Waals surface area contributed by atoms with Crippen molar-refractivity contribution in [1.82, 2.24) is 15.3 Å². The molecule has 25 heavy (non-hydrogen) atoms. The van der Waals surface area contributed by atoms with Crippen molar-refractivity contribution in [2.24, 2.45) is 0 Å². The first-order valence-electron chi connectivity index (χ1n) is 7.07. The molecule has 0 aliphatic carbocycles. The van der Waals surface area contributed by atoms with Crippen molar-refractivity contribution < 1.29 is 28.0 Å². The van der Waals surface area contributed by atoms with Crippen LogP contribution in [-0.4, -0.2) is 79.1 Å². The van der Waals surface area contributed by atoms with Crippen LogP contribution < -0.4 is 10.4 Å². The number of nitrogens with one attached hydrogen (secondary N) is 2. The Morgan fingerprint density at radius 1 is 1.24 bits per heavy atom. The molecule has 11 heteroatoms. The summed E-state index contributed by atoms with van der Waals surface area (Å²) < 4.78 is 20.9. The van der Waals surface area contributed by atoms with Crippen LogP contribution in [0.25, 0.3) is 0 Å². The summed E-state index contributed by atoms with van der Waals surface area (Å²) in [6.07, 6.45) is 0.138. The van der Waals surface area contributed by atoms with Gasteiger partial charge in [0, 0.05) is 14.2 Å². The summed E-state index contributed by atoms with van der Waals surface area (Å²) in [5.74, 6) is -0.910. The van der Waals surface area contributed by atoms with E-state index in [1.165, 1.54) is 0 Å². The number of hydrogen-bond donors (Lipinski definition) is 2. The van der Waals surface area contributed by atoms with Gasteiger partial charge in [0.05, 0.1) is 13.0 Å². The van der Waals surface area contributed by atoms with Crippen molar-refractivity contribution in [2.45, 2.75) is 12.5 Å². The Morgan fingerprint density at radius 3 is 2.36 bits per heavy atom. The van der Waals surface area contributed by atoms with Crippen molar-refractivity contribution in [1.29, 1.82) is 0 Å². The zero-order chi connectivity index (χ0) is 17.7. The van der Waals surface area contributed by atoms with Crippen LogP contribution in [0.5, 0.6) is 0 Å². The maximum absolute atomic E-state index is 11.9. The standard InChI is InChI=1S/C14H18N3O6P.Na.H/c1-22-24(21,23-2)16-14(20)17-9-11(13(17)19)15-12(18)8-10-6-4-3-5-7-10;;/h3-7,11H,8-9H2,1-2H3,(H,15,18)(H,16,20,21);;/t11-;;/m0../s1. The summed E-state index contributed by atoms with van der Waals surface area (Å²) in [7, 11) is -1.56. The maximum atomic E-state index is 11.9. The fraction of sp³-hybridized carbons (Fsp3) is 0.357. The van der Waals surface area contributed by atoms with Crippen LogP contribution in [0.2, 0.25) is 0 Å². The molecule has 2 rings (SSSR count). The number of benzene rings is 1. The molecule has 9 nitrogen and oxygen atoms in total. The van der Waals surface area contributed by atoms with Gasteiger partial charge in [-0.3, -0.25) is 23.5 Å². The summed E-state index contributed by atoms with van der Waals surface area (Å²) in [5.41, 5.74) is 0.817. The fourth-order valence-corrected chi connectivity index (χ4v) is 2.77. The number of amides is 4. The number of β-lactam (4-membered cyclic amide) rings is 1. The van der Waals surface area contributed by atoms with Gasteiger partial charge in [-0.25, -0.2) is 14.4 Å². The van der Waals surface area contributed by atoms with Crippen LogP contribution in [-0.2, 0) is 29.6 Å². The normalized spacial score (nSPS) is 16.5. The van der Waals surface area contributed by atoms with E-state index in [9.17, 15) is 18.9 Å². The van der Waals surface area contributed by atoms with E-state index < -0.39 is 25.7 Å². The summed E-state index contributed by atoms with van der Waals surface area (Å²) in [4.78, 5) is 36.5. The summed E-state index contributed by atoms with van der Waals surface area (Å²) in [6, 6.07) is 7.38. The van der Waals surface area contributed by atoms with Crippen molar-refractivity contribution >= 4 is 55.1 Å².